The first-order valence-electron chi connectivity index (χ1n) is 10.9. The highest BCUT2D eigenvalue weighted by Gasteiger charge is 2.23. The van der Waals surface area contributed by atoms with Gasteiger partial charge in [-0.3, -0.25) is 19.6 Å². The number of sulfonamides is 1. The first kappa shape index (κ1) is 25.3. The molecule has 1 aromatic carbocycles. The van der Waals surface area contributed by atoms with Crippen LogP contribution in [0.2, 0.25) is 0 Å². The van der Waals surface area contributed by atoms with Crippen molar-refractivity contribution >= 4 is 33.3 Å². The number of hydrogen-bond donors (Lipinski definition) is 4. The van der Waals surface area contributed by atoms with E-state index in [1.807, 2.05) is 6.07 Å². The van der Waals surface area contributed by atoms with Crippen LogP contribution in [-0.4, -0.2) is 46.7 Å². The molecule has 4 aromatic rings. The Hall–Kier alpha value is -4.75. The summed E-state index contributed by atoms with van der Waals surface area (Å²) in [6.45, 7) is 0.158. The van der Waals surface area contributed by atoms with Crippen LogP contribution in [-0.2, 0) is 16.4 Å². The van der Waals surface area contributed by atoms with Gasteiger partial charge in [0, 0.05) is 36.6 Å². The standard InChI is InChI=1S/C24H22N8O4S/c25-22-21(23(26)33)31-19(20(32-22)24(34)30-17-5-3-11-27-14-17)15-6-8-18(9-7-15)37(35,36)29-13-10-16-4-1-2-12-28-16/h1-9,11-12,14,29H,10,13H2,(H2,25,32)(H2,26,33)(H,30,34). The number of rotatable bonds is 9. The molecule has 0 bridgehead atoms. The lowest BCUT2D eigenvalue weighted by atomic mass is 10.1. The molecule has 0 atom stereocenters. The van der Waals surface area contributed by atoms with Crippen LogP contribution in [0.1, 0.15) is 26.7 Å². The van der Waals surface area contributed by atoms with Crippen LogP contribution < -0.4 is 21.5 Å². The van der Waals surface area contributed by atoms with E-state index >= 15 is 0 Å². The third-order valence-electron chi connectivity index (χ3n) is 5.13. The fraction of sp³-hybridized carbons (Fsp3) is 0.0833. The highest BCUT2D eigenvalue weighted by atomic mass is 32.2. The quantitative estimate of drug-likeness (QED) is 0.253. The van der Waals surface area contributed by atoms with Crippen molar-refractivity contribution in [2.24, 2.45) is 5.73 Å². The van der Waals surface area contributed by atoms with Crippen LogP contribution in [0.3, 0.4) is 0 Å². The average molecular weight is 519 g/mol. The number of primary amides is 1. The SMILES string of the molecule is NC(=O)c1nc(-c2ccc(S(=O)(=O)NCCc3ccccn3)cc2)c(C(=O)Nc2cccnc2)nc1N. The minimum absolute atomic E-state index is 0.00263. The van der Waals surface area contributed by atoms with E-state index in [1.54, 1.807) is 36.7 Å². The molecule has 0 aliphatic heterocycles. The molecule has 3 heterocycles. The van der Waals surface area contributed by atoms with Gasteiger partial charge in [0.2, 0.25) is 10.0 Å². The second kappa shape index (κ2) is 10.9. The molecule has 0 aliphatic carbocycles. The number of nitrogens with two attached hydrogens (primary N) is 2. The number of nitrogens with zero attached hydrogens (tertiary/aromatic N) is 4. The number of hydrogen-bond acceptors (Lipinski definition) is 9. The Balaban J connectivity index is 1.61. The van der Waals surface area contributed by atoms with E-state index in [4.69, 9.17) is 11.5 Å². The molecule has 0 radical (unpaired) electrons. The molecule has 0 fully saturated rings. The van der Waals surface area contributed by atoms with Crippen LogP contribution in [0.4, 0.5) is 11.5 Å². The predicted molar refractivity (Wildman–Crippen MR) is 136 cm³/mol. The van der Waals surface area contributed by atoms with Gasteiger partial charge in [-0.05, 0) is 36.4 Å². The number of amides is 2. The van der Waals surface area contributed by atoms with E-state index < -0.39 is 21.8 Å². The van der Waals surface area contributed by atoms with Crippen molar-refractivity contribution in [1.82, 2.24) is 24.7 Å². The fourth-order valence-electron chi connectivity index (χ4n) is 3.35. The number of carbonyl (C=O) groups excluding carboxylic acids is 2. The van der Waals surface area contributed by atoms with Crippen molar-refractivity contribution in [3.05, 3.63) is 90.3 Å². The zero-order chi connectivity index (χ0) is 26.4. The van der Waals surface area contributed by atoms with Crippen molar-refractivity contribution in [1.29, 1.82) is 0 Å². The van der Waals surface area contributed by atoms with Crippen LogP contribution in [0.25, 0.3) is 11.3 Å². The summed E-state index contributed by atoms with van der Waals surface area (Å²) in [6, 6.07) is 14.3. The molecule has 3 aromatic heterocycles. The molecule has 37 heavy (non-hydrogen) atoms. The van der Waals surface area contributed by atoms with Crippen molar-refractivity contribution in [2.75, 3.05) is 17.6 Å². The molecule has 2 amide bonds. The van der Waals surface area contributed by atoms with Gasteiger partial charge in [0.05, 0.1) is 16.8 Å². The summed E-state index contributed by atoms with van der Waals surface area (Å²) in [7, 11) is -3.82. The van der Waals surface area contributed by atoms with Gasteiger partial charge in [-0.1, -0.05) is 18.2 Å². The Morgan fingerprint density at radius 1 is 0.919 bits per heavy atom. The summed E-state index contributed by atoms with van der Waals surface area (Å²) in [5, 5.41) is 2.63. The number of nitrogens with one attached hydrogen (secondary N) is 2. The van der Waals surface area contributed by atoms with Gasteiger partial charge in [-0.2, -0.15) is 0 Å². The van der Waals surface area contributed by atoms with Crippen molar-refractivity contribution in [2.45, 2.75) is 11.3 Å². The number of nitrogen functional groups attached to an aromatic ring is 1. The van der Waals surface area contributed by atoms with Gasteiger partial charge >= 0.3 is 0 Å². The lowest BCUT2D eigenvalue weighted by Gasteiger charge is -2.12. The Labute approximate surface area is 212 Å². The first-order chi connectivity index (χ1) is 17.7. The van der Waals surface area contributed by atoms with Crippen LogP contribution in [0.15, 0.2) is 78.1 Å². The molecule has 188 valence electrons. The van der Waals surface area contributed by atoms with Crippen molar-refractivity contribution in [3.63, 3.8) is 0 Å². The maximum absolute atomic E-state index is 13.0. The molecule has 0 saturated carbocycles. The first-order valence-corrected chi connectivity index (χ1v) is 12.4. The second-order valence-electron chi connectivity index (χ2n) is 7.71. The van der Waals surface area contributed by atoms with Crippen molar-refractivity contribution < 1.29 is 18.0 Å². The van der Waals surface area contributed by atoms with E-state index in [1.165, 1.54) is 30.5 Å². The third-order valence-corrected chi connectivity index (χ3v) is 6.61. The van der Waals surface area contributed by atoms with Crippen LogP contribution >= 0.6 is 0 Å². The average Bonchev–Trinajstić information content (AvgIpc) is 2.89. The molecular formula is C24H22N8O4S. The summed E-state index contributed by atoms with van der Waals surface area (Å²) < 4.78 is 28.0. The minimum atomic E-state index is -3.82. The van der Waals surface area contributed by atoms with Gasteiger partial charge in [0.15, 0.2) is 17.2 Å². The fourth-order valence-corrected chi connectivity index (χ4v) is 4.38. The van der Waals surface area contributed by atoms with Crippen LogP contribution in [0.5, 0.6) is 0 Å². The predicted octanol–water partition coefficient (Wildman–Crippen LogP) is 1.39. The second-order valence-corrected chi connectivity index (χ2v) is 9.47. The summed E-state index contributed by atoms with van der Waals surface area (Å²) >= 11 is 0. The van der Waals surface area contributed by atoms with Crippen LogP contribution in [0, 0.1) is 0 Å². The third kappa shape index (κ3) is 6.09. The molecule has 12 nitrogen and oxygen atoms in total. The lowest BCUT2D eigenvalue weighted by Crippen LogP contribution is -2.26. The van der Waals surface area contributed by atoms with E-state index in [0.717, 1.165) is 5.69 Å². The smallest absolute Gasteiger partial charge is 0.276 e. The number of carbonyl (C=O) groups is 2. The summed E-state index contributed by atoms with van der Waals surface area (Å²) in [5.74, 6) is -1.91. The largest absolute Gasteiger partial charge is 0.382 e. The Bertz CT molecular complexity index is 1530. The topological polar surface area (TPSA) is 196 Å². The zero-order valence-electron chi connectivity index (χ0n) is 19.3. The highest BCUT2D eigenvalue weighted by Crippen LogP contribution is 2.25. The van der Waals surface area contributed by atoms with E-state index in [0.29, 0.717) is 17.7 Å². The lowest BCUT2D eigenvalue weighted by molar-refractivity contribution is 0.0989. The Kier molecular flexibility index (Phi) is 7.46. The molecule has 6 N–H and O–H groups in total. The summed E-state index contributed by atoms with van der Waals surface area (Å²) in [4.78, 5) is 41.1. The van der Waals surface area contributed by atoms with Gasteiger partial charge in [0.1, 0.15) is 5.69 Å². The van der Waals surface area contributed by atoms with Gasteiger partial charge in [-0.25, -0.2) is 23.1 Å². The number of benzene rings is 1. The van der Waals surface area contributed by atoms with Gasteiger partial charge in [0.25, 0.3) is 11.8 Å². The van der Waals surface area contributed by atoms with E-state index in [9.17, 15) is 18.0 Å². The Morgan fingerprint density at radius 2 is 1.70 bits per heavy atom. The summed E-state index contributed by atoms with van der Waals surface area (Å²) in [6.07, 6.45) is 5.04. The van der Waals surface area contributed by atoms with Crippen molar-refractivity contribution in [3.8, 4) is 11.3 Å². The van der Waals surface area contributed by atoms with Gasteiger partial charge < -0.3 is 16.8 Å². The normalized spacial score (nSPS) is 11.1. The Morgan fingerprint density at radius 3 is 2.35 bits per heavy atom. The maximum Gasteiger partial charge on any atom is 0.276 e. The summed E-state index contributed by atoms with van der Waals surface area (Å²) in [5.41, 5.74) is 12.1. The van der Waals surface area contributed by atoms with E-state index in [-0.39, 0.29) is 34.3 Å². The minimum Gasteiger partial charge on any atom is -0.382 e. The molecule has 0 spiro atoms. The molecule has 13 heteroatoms. The molecule has 0 saturated heterocycles. The monoisotopic (exact) mass is 518 g/mol. The maximum atomic E-state index is 13.0. The van der Waals surface area contributed by atoms with Gasteiger partial charge in [-0.15, -0.1) is 0 Å². The highest BCUT2D eigenvalue weighted by molar-refractivity contribution is 7.89. The molecular weight excluding hydrogens is 496 g/mol. The zero-order valence-corrected chi connectivity index (χ0v) is 20.1. The van der Waals surface area contributed by atoms with E-state index in [2.05, 4.69) is 30.0 Å². The molecule has 0 unspecified atom stereocenters. The number of pyridine rings is 2. The number of aromatic nitrogens is 4. The molecule has 0 aliphatic rings. The number of anilines is 2. The molecule has 4 rings (SSSR count).